The number of hydrogen-bond donors (Lipinski definition) is 1. The van der Waals surface area contributed by atoms with Crippen molar-refractivity contribution in [2.75, 3.05) is 6.79 Å². The van der Waals surface area contributed by atoms with E-state index in [1.807, 2.05) is 6.92 Å². The Morgan fingerprint density at radius 2 is 1.94 bits per heavy atom. The maximum atomic E-state index is 13.2. The molecule has 0 saturated carbocycles. The lowest BCUT2D eigenvalue weighted by Gasteiger charge is -2.46. The van der Waals surface area contributed by atoms with Gasteiger partial charge in [-0.3, -0.25) is 18.8 Å². The second-order valence-electron chi connectivity index (χ2n) is 9.93. The van der Waals surface area contributed by atoms with Crippen LogP contribution in [0.25, 0.3) is 10.4 Å². The normalized spacial score (nSPS) is 22.8. The van der Waals surface area contributed by atoms with Crippen molar-refractivity contribution in [2.45, 2.75) is 60.1 Å². The number of ketones is 1. The van der Waals surface area contributed by atoms with Crippen molar-refractivity contribution in [1.82, 2.24) is 14.3 Å². The SMILES string of the molecule is CCC(=O)c1ncn2cc(C3=C(C(=O)OCOC(=O)C(C)(C)C)N4C(=O)[C@H]([C@@H](C)O)[C@H]4[C@H]3C)sc12. The average molecular weight is 504 g/mol. The molecule has 4 atom stereocenters. The van der Waals surface area contributed by atoms with Gasteiger partial charge < -0.3 is 19.5 Å². The lowest BCUT2D eigenvalue weighted by Crippen LogP contribution is -2.63. The van der Waals surface area contributed by atoms with Gasteiger partial charge in [0.1, 0.15) is 22.5 Å². The smallest absolute Gasteiger partial charge is 0.358 e. The lowest BCUT2D eigenvalue weighted by atomic mass is 9.77. The Balaban J connectivity index is 1.71. The van der Waals surface area contributed by atoms with Crippen molar-refractivity contribution < 1.29 is 33.8 Å². The fourth-order valence-electron chi connectivity index (χ4n) is 4.59. The topological polar surface area (TPSA) is 128 Å². The molecular formula is C24H29N3O7S. The summed E-state index contributed by atoms with van der Waals surface area (Å²) < 4.78 is 12.0. The average Bonchev–Trinajstić information content (AvgIpc) is 3.41. The van der Waals surface area contributed by atoms with E-state index in [2.05, 4.69) is 4.98 Å². The maximum absolute atomic E-state index is 13.2. The largest absolute Gasteiger partial charge is 0.427 e. The quantitative estimate of drug-likeness (QED) is 0.264. The first kappa shape index (κ1) is 25.1. The minimum Gasteiger partial charge on any atom is -0.427 e. The number of carbonyl (C=O) groups is 4. The molecule has 2 aliphatic heterocycles. The predicted molar refractivity (Wildman–Crippen MR) is 126 cm³/mol. The van der Waals surface area contributed by atoms with E-state index in [0.29, 0.717) is 27.4 Å². The molecule has 0 radical (unpaired) electrons. The summed E-state index contributed by atoms with van der Waals surface area (Å²) in [7, 11) is 0. The van der Waals surface area contributed by atoms with Gasteiger partial charge in [0.2, 0.25) is 12.7 Å². The Kier molecular flexibility index (Phi) is 6.35. The first-order valence-electron chi connectivity index (χ1n) is 11.5. The fraction of sp³-hybridized carbons (Fsp3) is 0.542. The molecule has 11 heteroatoms. The number of carbonyl (C=O) groups excluding carboxylic acids is 4. The molecule has 4 heterocycles. The molecule has 2 aromatic rings. The molecule has 1 amide bonds. The van der Waals surface area contributed by atoms with Crippen LogP contribution in [0.1, 0.15) is 63.3 Å². The van der Waals surface area contributed by atoms with Crippen LogP contribution in [-0.4, -0.2) is 62.0 Å². The van der Waals surface area contributed by atoms with E-state index in [0.717, 1.165) is 0 Å². The van der Waals surface area contributed by atoms with E-state index in [1.165, 1.54) is 16.2 Å². The summed E-state index contributed by atoms with van der Waals surface area (Å²) in [6.07, 6.45) is 2.74. The number of fused-ring (bicyclic) bond motifs is 2. The number of hydrogen-bond acceptors (Lipinski definition) is 9. The van der Waals surface area contributed by atoms with Gasteiger partial charge in [0.25, 0.3) is 0 Å². The molecule has 1 N–H and O–H groups in total. The molecule has 1 saturated heterocycles. The second kappa shape index (κ2) is 8.87. The van der Waals surface area contributed by atoms with Crippen molar-refractivity contribution in [3.8, 4) is 0 Å². The summed E-state index contributed by atoms with van der Waals surface area (Å²) in [5, 5.41) is 10.2. The Labute approximate surface area is 206 Å². The monoisotopic (exact) mass is 503 g/mol. The highest BCUT2D eigenvalue weighted by Crippen LogP contribution is 2.51. The summed E-state index contributed by atoms with van der Waals surface area (Å²) in [5.41, 5.74) is 0.246. The van der Waals surface area contributed by atoms with E-state index >= 15 is 0 Å². The molecular weight excluding hydrogens is 474 g/mol. The molecule has 4 rings (SSSR count). The highest BCUT2D eigenvalue weighted by molar-refractivity contribution is 7.18. The van der Waals surface area contributed by atoms with Crippen molar-refractivity contribution in [2.24, 2.45) is 17.3 Å². The van der Waals surface area contributed by atoms with Crippen LogP contribution in [0.3, 0.4) is 0 Å². The Morgan fingerprint density at radius 1 is 1.26 bits per heavy atom. The van der Waals surface area contributed by atoms with E-state index in [9.17, 15) is 24.3 Å². The van der Waals surface area contributed by atoms with E-state index in [-0.39, 0.29) is 23.3 Å². The number of thiazole rings is 1. The molecule has 35 heavy (non-hydrogen) atoms. The van der Waals surface area contributed by atoms with Gasteiger partial charge in [-0.2, -0.15) is 0 Å². The molecule has 2 aliphatic rings. The van der Waals surface area contributed by atoms with Gasteiger partial charge in [-0.15, -0.1) is 11.3 Å². The van der Waals surface area contributed by atoms with Crippen LogP contribution in [0.15, 0.2) is 18.2 Å². The van der Waals surface area contributed by atoms with Crippen molar-refractivity contribution in [3.05, 3.63) is 28.8 Å². The summed E-state index contributed by atoms with van der Waals surface area (Å²) in [6, 6.07) is -0.409. The van der Waals surface area contributed by atoms with Gasteiger partial charge in [0.05, 0.1) is 28.4 Å². The third-order valence-corrected chi connectivity index (χ3v) is 7.56. The zero-order chi connectivity index (χ0) is 25.8. The van der Waals surface area contributed by atoms with Gasteiger partial charge in [-0.1, -0.05) is 13.8 Å². The maximum Gasteiger partial charge on any atom is 0.358 e. The number of aromatic nitrogens is 2. The summed E-state index contributed by atoms with van der Waals surface area (Å²) >= 11 is 1.30. The Hall–Kier alpha value is -3.05. The lowest BCUT2D eigenvalue weighted by molar-refractivity contribution is -0.175. The number of Topliss-reactive ketones (excluding diaryl/α,β-unsaturated/α-hetero) is 1. The van der Waals surface area contributed by atoms with Crippen molar-refractivity contribution in [1.29, 1.82) is 0 Å². The van der Waals surface area contributed by atoms with Crippen LogP contribution in [-0.2, 0) is 23.9 Å². The molecule has 0 aromatic carbocycles. The van der Waals surface area contributed by atoms with E-state index < -0.39 is 42.2 Å². The van der Waals surface area contributed by atoms with Crippen LogP contribution in [0.4, 0.5) is 0 Å². The third kappa shape index (κ3) is 4.06. The van der Waals surface area contributed by atoms with Crippen LogP contribution >= 0.6 is 11.3 Å². The first-order chi connectivity index (χ1) is 16.4. The number of nitrogens with zero attached hydrogens (tertiary/aromatic N) is 3. The molecule has 0 bridgehead atoms. The van der Waals surface area contributed by atoms with Gasteiger partial charge in [-0.05, 0) is 27.7 Å². The molecule has 1 fully saturated rings. The number of esters is 2. The van der Waals surface area contributed by atoms with E-state index in [4.69, 9.17) is 9.47 Å². The van der Waals surface area contributed by atoms with Crippen LogP contribution in [0.5, 0.6) is 0 Å². The summed E-state index contributed by atoms with van der Waals surface area (Å²) in [6.45, 7) is 9.66. The number of β-lactam (4-membered cyclic amide) rings is 1. The number of imidazole rings is 1. The second-order valence-corrected chi connectivity index (χ2v) is 11.0. The van der Waals surface area contributed by atoms with Gasteiger partial charge in [0, 0.05) is 24.1 Å². The van der Waals surface area contributed by atoms with Gasteiger partial charge in [0.15, 0.2) is 5.78 Å². The van der Waals surface area contributed by atoms with Crippen molar-refractivity contribution >= 4 is 45.4 Å². The summed E-state index contributed by atoms with van der Waals surface area (Å²) in [4.78, 5) is 57.4. The highest BCUT2D eigenvalue weighted by Gasteiger charge is 2.60. The number of aliphatic hydroxyl groups excluding tert-OH is 1. The molecule has 188 valence electrons. The Morgan fingerprint density at radius 3 is 2.54 bits per heavy atom. The van der Waals surface area contributed by atoms with E-state index in [1.54, 1.807) is 51.5 Å². The standard InChI is InChI=1S/C24H29N3O7S/c1-7-13(29)17-21-26(9-25-17)8-14(35-21)15-11(2)18-16(12(3)28)20(30)27(18)19(15)22(31)33-10-34-23(32)24(4,5)6/h8-9,11-12,16,18,28H,7,10H2,1-6H3/t11-,12+,16+,18+/m0/s1. The minimum absolute atomic E-state index is 0.0667. The Bertz CT molecular complexity index is 1250. The fourth-order valence-corrected chi connectivity index (χ4v) is 5.82. The predicted octanol–water partition coefficient (Wildman–Crippen LogP) is 2.65. The molecule has 0 unspecified atom stereocenters. The molecule has 2 aromatic heterocycles. The zero-order valence-corrected chi connectivity index (χ0v) is 21.3. The zero-order valence-electron chi connectivity index (χ0n) is 20.5. The molecule has 0 aliphatic carbocycles. The number of aliphatic hydroxyl groups is 1. The van der Waals surface area contributed by atoms with Crippen LogP contribution in [0.2, 0.25) is 0 Å². The van der Waals surface area contributed by atoms with Gasteiger partial charge in [-0.25, -0.2) is 9.78 Å². The van der Waals surface area contributed by atoms with Crippen LogP contribution < -0.4 is 0 Å². The third-order valence-electron chi connectivity index (χ3n) is 6.42. The number of rotatable bonds is 7. The first-order valence-corrected chi connectivity index (χ1v) is 12.3. The molecule has 10 nitrogen and oxygen atoms in total. The van der Waals surface area contributed by atoms with Crippen LogP contribution in [0, 0.1) is 17.3 Å². The summed E-state index contributed by atoms with van der Waals surface area (Å²) in [5.74, 6) is -2.71. The van der Waals surface area contributed by atoms with Crippen molar-refractivity contribution in [3.63, 3.8) is 0 Å². The highest BCUT2D eigenvalue weighted by atomic mass is 32.1. The minimum atomic E-state index is -0.882. The number of ether oxygens (including phenoxy) is 2. The number of amides is 1. The molecule has 0 spiro atoms. The van der Waals surface area contributed by atoms with Gasteiger partial charge >= 0.3 is 11.9 Å².